The molecule has 1 heterocycles. The van der Waals surface area contributed by atoms with Crippen molar-refractivity contribution in [1.82, 2.24) is 4.98 Å². The van der Waals surface area contributed by atoms with Crippen molar-refractivity contribution < 1.29 is 9.84 Å². The van der Waals surface area contributed by atoms with Crippen molar-refractivity contribution in [3.63, 3.8) is 0 Å². The van der Waals surface area contributed by atoms with Crippen LogP contribution in [0.2, 0.25) is 0 Å². The molecule has 0 aliphatic heterocycles. The zero-order chi connectivity index (χ0) is 10.6. The van der Waals surface area contributed by atoms with Gasteiger partial charge in [0.05, 0.1) is 13.2 Å². The number of nitrogens with two attached hydrogens (primary N) is 1. The minimum absolute atomic E-state index is 0.465. The number of hydrogen-bond donors (Lipinski definition) is 2. The number of aliphatic hydroxyl groups excluding tert-OH is 1. The minimum Gasteiger partial charge on any atom is -0.481 e. The second kappa shape index (κ2) is 4.93. The number of aliphatic hydroxyl groups is 1. The van der Waals surface area contributed by atoms with Crippen molar-refractivity contribution >= 4 is 0 Å². The SMILES string of the molecule is COc1ncc(C(O)CCN)cc1C. The lowest BCUT2D eigenvalue weighted by Crippen LogP contribution is -2.07. The lowest BCUT2D eigenvalue weighted by atomic mass is 10.1. The Kier molecular flexibility index (Phi) is 3.85. The number of pyridine rings is 1. The van der Waals surface area contributed by atoms with Crippen LogP contribution in [0.25, 0.3) is 0 Å². The van der Waals surface area contributed by atoms with E-state index in [2.05, 4.69) is 4.98 Å². The molecule has 78 valence electrons. The van der Waals surface area contributed by atoms with Crippen LogP contribution in [0.1, 0.15) is 23.7 Å². The highest BCUT2D eigenvalue weighted by molar-refractivity contribution is 5.29. The number of ether oxygens (including phenoxy) is 1. The summed E-state index contributed by atoms with van der Waals surface area (Å²) in [7, 11) is 1.57. The number of methoxy groups -OCH3 is 1. The average Bonchev–Trinajstić information content (AvgIpc) is 2.18. The fraction of sp³-hybridized carbons (Fsp3) is 0.500. The Balaban J connectivity index is 2.85. The van der Waals surface area contributed by atoms with Gasteiger partial charge in [0.15, 0.2) is 0 Å². The minimum atomic E-state index is -0.530. The number of rotatable bonds is 4. The Hall–Kier alpha value is -1.13. The topological polar surface area (TPSA) is 68.4 Å². The van der Waals surface area contributed by atoms with E-state index in [9.17, 15) is 5.11 Å². The Labute approximate surface area is 83.7 Å². The normalized spacial score (nSPS) is 12.6. The van der Waals surface area contributed by atoms with Gasteiger partial charge in [-0.15, -0.1) is 0 Å². The van der Waals surface area contributed by atoms with E-state index in [-0.39, 0.29) is 0 Å². The summed E-state index contributed by atoms with van der Waals surface area (Å²) >= 11 is 0. The fourth-order valence-corrected chi connectivity index (χ4v) is 1.30. The molecular weight excluding hydrogens is 180 g/mol. The molecule has 1 aromatic rings. The Morgan fingerprint density at radius 1 is 1.64 bits per heavy atom. The highest BCUT2D eigenvalue weighted by atomic mass is 16.5. The standard InChI is InChI=1S/C10H16N2O2/c1-7-5-8(9(13)3-4-11)6-12-10(7)14-2/h5-6,9,13H,3-4,11H2,1-2H3. The molecule has 1 atom stereocenters. The first-order valence-corrected chi connectivity index (χ1v) is 4.57. The van der Waals surface area contributed by atoms with Gasteiger partial charge in [-0.3, -0.25) is 0 Å². The predicted octanol–water partition coefficient (Wildman–Crippen LogP) is 0.781. The quantitative estimate of drug-likeness (QED) is 0.746. The smallest absolute Gasteiger partial charge is 0.215 e. The molecule has 3 N–H and O–H groups in total. The highest BCUT2D eigenvalue weighted by Crippen LogP contribution is 2.20. The van der Waals surface area contributed by atoms with E-state index in [4.69, 9.17) is 10.5 Å². The van der Waals surface area contributed by atoms with Crippen LogP contribution in [0.4, 0.5) is 0 Å². The van der Waals surface area contributed by atoms with E-state index >= 15 is 0 Å². The van der Waals surface area contributed by atoms with E-state index in [1.165, 1.54) is 0 Å². The van der Waals surface area contributed by atoms with E-state index in [0.29, 0.717) is 18.8 Å². The maximum Gasteiger partial charge on any atom is 0.215 e. The van der Waals surface area contributed by atoms with Crippen LogP contribution >= 0.6 is 0 Å². The van der Waals surface area contributed by atoms with E-state index in [1.54, 1.807) is 13.3 Å². The molecule has 0 bridgehead atoms. The molecule has 0 aliphatic rings. The largest absolute Gasteiger partial charge is 0.481 e. The van der Waals surface area contributed by atoms with Gasteiger partial charge in [0, 0.05) is 11.8 Å². The fourth-order valence-electron chi connectivity index (χ4n) is 1.30. The van der Waals surface area contributed by atoms with Crippen molar-refractivity contribution in [1.29, 1.82) is 0 Å². The van der Waals surface area contributed by atoms with Crippen LogP contribution in [0.15, 0.2) is 12.3 Å². The molecule has 4 nitrogen and oxygen atoms in total. The van der Waals surface area contributed by atoms with E-state index in [1.807, 2.05) is 13.0 Å². The highest BCUT2D eigenvalue weighted by Gasteiger charge is 2.09. The molecule has 14 heavy (non-hydrogen) atoms. The molecule has 1 aromatic heterocycles. The third kappa shape index (κ3) is 2.43. The van der Waals surface area contributed by atoms with Gasteiger partial charge in [-0.1, -0.05) is 0 Å². The Morgan fingerprint density at radius 3 is 2.86 bits per heavy atom. The van der Waals surface area contributed by atoms with Crippen LogP contribution in [-0.4, -0.2) is 23.7 Å². The van der Waals surface area contributed by atoms with Crippen molar-refractivity contribution in [3.05, 3.63) is 23.4 Å². The summed E-state index contributed by atoms with van der Waals surface area (Å²) in [6, 6.07) is 1.87. The Morgan fingerprint density at radius 2 is 2.36 bits per heavy atom. The predicted molar refractivity (Wildman–Crippen MR) is 54.2 cm³/mol. The summed E-state index contributed by atoms with van der Waals surface area (Å²) in [5.41, 5.74) is 7.06. The lowest BCUT2D eigenvalue weighted by Gasteiger charge is -2.11. The number of aromatic nitrogens is 1. The second-order valence-corrected chi connectivity index (χ2v) is 3.19. The van der Waals surface area contributed by atoms with Crippen LogP contribution in [0.3, 0.4) is 0 Å². The zero-order valence-electron chi connectivity index (χ0n) is 8.53. The zero-order valence-corrected chi connectivity index (χ0v) is 8.53. The summed E-state index contributed by atoms with van der Waals surface area (Å²) < 4.78 is 5.02. The van der Waals surface area contributed by atoms with Gasteiger partial charge in [-0.2, -0.15) is 0 Å². The van der Waals surface area contributed by atoms with Crippen molar-refractivity contribution in [2.75, 3.05) is 13.7 Å². The third-order valence-corrected chi connectivity index (χ3v) is 2.07. The average molecular weight is 196 g/mol. The van der Waals surface area contributed by atoms with Gasteiger partial charge in [-0.05, 0) is 31.5 Å². The first kappa shape index (κ1) is 10.9. The van der Waals surface area contributed by atoms with Gasteiger partial charge in [-0.25, -0.2) is 4.98 Å². The third-order valence-electron chi connectivity index (χ3n) is 2.07. The van der Waals surface area contributed by atoms with Gasteiger partial charge >= 0.3 is 0 Å². The molecule has 0 saturated carbocycles. The van der Waals surface area contributed by atoms with Crippen LogP contribution in [0.5, 0.6) is 5.88 Å². The molecule has 4 heteroatoms. The number of nitrogens with zero attached hydrogens (tertiary/aromatic N) is 1. The molecule has 1 unspecified atom stereocenters. The summed E-state index contributed by atoms with van der Waals surface area (Å²) in [6.07, 6.45) is 1.64. The molecule has 0 spiro atoms. The lowest BCUT2D eigenvalue weighted by molar-refractivity contribution is 0.169. The number of aryl methyl sites for hydroxylation is 1. The van der Waals surface area contributed by atoms with Gasteiger partial charge in [0.1, 0.15) is 0 Å². The van der Waals surface area contributed by atoms with Crippen LogP contribution < -0.4 is 10.5 Å². The van der Waals surface area contributed by atoms with Crippen molar-refractivity contribution in [2.45, 2.75) is 19.4 Å². The molecule has 0 saturated heterocycles. The summed E-state index contributed by atoms with van der Waals surface area (Å²) in [5, 5.41) is 9.65. The van der Waals surface area contributed by atoms with Gasteiger partial charge in [0.25, 0.3) is 0 Å². The molecule has 0 aromatic carbocycles. The van der Waals surface area contributed by atoms with Gasteiger partial charge in [0.2, 0.25) is 5.88 Å². The monoisotopic (exact) mass is 196 g/mol. The molecule has 0 radical (unpaired) electrons. The maximum atomic E-state index is 9.65. The molecule has 0 fully saturated rings. The first-order valence-electron chi connectivity index (χ1n) is 4.57. The van der Waals surface area contributed by atoms with Crippen molar-refractivity contribution in [2.24, 2.45) is 5.73 Å². The molecule has 0 aliphatic carbocycles. The summed E-state index contributed by atoms with van der Waals surface area (Å²) in [4.78, 5) is 4.08. The molecule has 0 amide bonds. The van der Waals surface area contributed by atoms with E-state index in [0.717, 1.165) is 11.1 Å². The van der Waals surface area contributed by atoms with Crippen LogP contribution in [0, 0.1) is 6.92 Å². The van der Waals surface area contributed by atoms with E-state index < -0.39 is 6.10 Å². The summed E-state index contributed by atoms with van der Waals surface area (Å²) in [5.74, 6) is 0.591. The maximum absolute atomic E-state index is 9.65. The van der Waals surface area contributed by atoms with Crippen molar-refractivity contribution in [3.8, 4) is 5.88 Å². The Bertz CT molecular complexity index is 302. The second-order valence-electron chi connectivity index (χ2n) is 3.19. The van der Waals surface area contributed by atoms with Gasteiger partial charge < -0.3 is 15.6 Å². The number of hydrogen-bond acceptors (Lipinski definition) is 4. The molecular formula is C10H16N2O2. The van der Waals surface area contributed by atoms with Crippen LogP contribution in [-0.2, 0) is 0 Å². The first-order chi connectivity index (χ1) is 6.69. The summed E-state index contributed by atoms with van der Waals surface area (Å²) in [6.45, 7) is 2.36. The molecule has 1 rings (SSSR count).